The second-order valence-electron chi connectivity index (χ2n) is 3.71. The largest absolute Gasteiger partial charge is 0.381 e. The maximum Gasteiger partial charge on any atom is 0.282 e. The third kappa shape index (κ3) is 2.16. The first kappa shape index (κ1) is 12.4. The van der Waals surface area contributed by atoms with E-state index in [0.717, 1.165) is 0 Å². The molecule has 0 aliphatic rings. The first-order valence-corrected chi connectivity index (χ1v) is 6.75. The zero-order chi connectivity index (χ0) is 13.3. The minimum absolute atomic E-state index is 0.0417. The predicted octanol–water partition coefficient (Wildman–Crippen LogP) is 0.0195. The lowest BCUT2D eigenvalue weighted by Crippen LogP contribution is -2.18. The summed E-state index contributed by atoms with van der Waals surface area (Å²) in [6, 6.07) is 1.58. The molecule has 0 saturated carbocycles. The third-order valence-electron chi connectivity index (χ3n) is 2.37. The van der Waals surface area contributed by atoms with E-state index in [1.54, 1.807) is 24.0 Å². The molecule has 0 atom stereocenters. The third-order valence-corrected chi connectivity index (χ3v) is 3.85. The van der Waals surface area contributed by atoms with Gasteiger partial charge >= 0.3 is 0 Å². The van der Waals surface area contributed by atoms with E-state index in [0.29, 0.717) is 6.54 Å². The van der Waals surface area contributed by atoms with Crippen molar-refractivity contribution in [1.29, 1.82) is 0 Å². The Morgan fingerprint density at radius 1 is 1.50 bits per heavy atom. The highest BCUT2D eigenvalue weighted by Crippen LogP contribution is 2.18. The molecular weight excluding hydrogens is 256 g/mol. The smallest absolute Gasteiger partial charge is 0.282 e. The lowest BCUT2D eigenvalue weighted by molar-refractivity contribution is 0.591. The van der Waals surface area contributed by atoms with Crippen LogP contribution in [0.5, 0.6) is 0 Å². The topological polar surface area (TPSA) is 108 Å². The van der Waals surface area contributed by atoms with Crippen LogP contribution < -0.4 is 10.5 Å². The van der Waals surface area contributed by atoms with E-state index in [1.807, 2.05) is 6.92 Å². The van der Waals surface area contributed by atoms with E-state index in [2.05, 4.69) is 14.8 Å². The van der Waals surface area contributed by atoms with Crippen molar-refractivity contribution in [3.05, 3.63) is 18.6 Å². The number of rotatable bonds is 4. The monoisotopic (exact) mass is 270 g/mol. The van der Waals surface area contributed by atoms with Crippen molar-refractivity contribution in [2.75, 3.05) is 10.5 Å². The highest BCUT2D eigenvalue weighted by molar-refractivity contribution is 7.92. The summed E-state index contributed by atoms with van der Waals surface area (Å²) in [4.78, 5) is 3.74. The Kier molecular flexibility index (Phi) is 2.99. The molecule has 2 rings (SSSR count). The Balaban J connectivity index is 2.33. The first-order valence-electron chi connectivity index (χ1n) is 5.27. The van der Waals surface area contributed by atoms with Crippen LogP contribution in [-0.4, -0.2) is 27.7 Å². The Morgan fingerprint density at radius 2 is 2.22 bits per heavy atom. The second-order valence-corrected chi connectivity index (χ2v) is 5.31. The van der Waals surface area contributed by atoms with E-state index in [9.17, 15) is 8.42 Å². The van der Waals surface area contributed by atoms with Gasteiger partial charge < -0.3 is 10.3 Å². The van der Waals surface area contributed by atoms with Crippen LogP contribution in [0.4, 0.5) is 11.6 Å². The molecule has 2 heterocycles. The van der Waals surface area contributed by atoms with Gasteiger partial charge in [-0.2, -0.15) is 13.5 Å². The van der Waals surface area contributed by atoms with E-state index in [-0.39, 0.29) is 16.7 Å². The summed E-state index contributed by atoms with van der Waals surface area (Å²) in [5, 5.41) is 3.96. The zero-order valence-electron chi connectivity index (χ0n) is 10.0. The van der Waals surface area contributed by atoms with Gasteiger partial charge in [0.1, 0.15) is 0 Å². The van der Waals surface area contributed by atoms with Crippen molar-refractivity contribution in [2.45, 2.75) is 18.5 Å². The van der Waals surface area contributed by atoms with Crippen LogP contribution in [0.25, 0.3) is 0 Å². The zero-order valence-corrected chi connectivity index (χ0v) is 10.8. The molecule has 3 N–H and O–H groups in total. The Hall–Kier alpha value is -2.03. The predicted molar refractivity (Wildman–Crippen MR) is 66.3 cm³/mol. The van der Waals surface area contributed by atoms with Crippen LogP contribution in [0.1, 0.15) is 6.92 Å². The molecule has 0 aliphatic heterocycles. The molecule has 18 heavy (non-hydrogen) atoms. The van der Waals surface area contributed by atoms with Gasteiger partial charge in [-0.05, 0) is 6.92 Å². The number of hydrogen-bond acceptors (Lipinski definition) is 5. The second kappa shape index (κ2) is 4.33. The number of nitrogens with two attached hydrogens (primary N) is 1. The average Bonchev–Trinajstić information content (AvgIpc) is 2.85. The lowest BCUT2D eigenvalue weighted by Gasteiger charge is -2.06. The fourth-order valence-corrected chi connectivity index (χ4v) is 2.78. The Bertz CT molecular complexity index is 637. The van der Waals surface area contributed by atoms with Gasteiger partial charge in [0.05, 0.1) is 6.33 Å². The van der Waals surface area contributed by atoms with Crippen molar-refractivity contribution in [1.82, 2.24) is 19.3 Å². The van der Waals surface area contributed by atoms with Crippen molar-refractivity contribution in [3.8, 4) is 0 Å². The van der Waals surface area contributed by atoms with Gasteiger partial charge in [0.2, 0.25) is 0 Å². The number of sulfonamides is 1. The van der Waals surface area contributed by atoms with E-state index in [1.165, 1.54) is 10.9 Å². The highest BCUT2D eigenvalue weighted by atomic mass is 32.2. The lowest BCUT2D eigenvalue weighted by atomic mass is 10.7. The van der Waals surface area contributed by atoms with Crippen molar-refractivity contribution >= 4 is 21.7 Å². The molecule has 0 unspecified atom stereocenters. The summed E-state index contributed by atoms with van der Waals surface area (Å²) >= 11 is 0. The maximum atomic E-state index is 12.1. The molecule has 8 nitrogen and oxygen atoms in total. The minimum Gasteiger partial charge on any atom is -0.381 e. The summed E-state index contributed by atoms with van der Waals surface area (Å²) in [5.41, 5.74) is 5.54. The molecule has 2 aromatic rings. The van der Waals surface area contributed by atoms with E-state index in [4.69, 9.17) is 5.73 Å². The highest BCUT2D eigenvalue weighted by Gasteiger charge is 2.23. The molecule has 0 saturated heterocycles. The van der Waals surface area contributed by atoms with Crippen LogP contribution in [0.2, 0.25) is 0 Å². The van der Waals surface area contributed by atoms with Gasteiger partial charge in [-0.3, -0.25) is 9.40 Å². The van der Waals surface area contributed by atoms with Crippen LogP contribution in [-0.2, 0) is 23.6 Å². The van der Waals surface area contributed by atoms with Gasteiger partial charge in [0, 0.05) is 25.9 Å². The molecule has 0 radical (unpaired) electrons. The van der Waals surface area contributed by atoms with Gasteiger partial charge in [0.15, 0.2) is 16.7 Å². The number of aromatic nitrogens is 4. The molecule has 0 aromatic carbocycles. The summed E-state index contributed by atoms with van der Waals surface area (Å²) < 4.78 is 29.5. The van der Waals surface area contributed by atoms with Gasteiger partial charge in [-0.25, -0.2) is 4.98 Å². The van der Waals surface area contributed by atoms with E-state index < -0.39 is 10.0 Å². The molecule has 0 amide bonds. The molecular formula is C9H14N6O2S. The number of nitrogen functional groups attached to an aromatic ring is 1. The fourth-order valence-electron chi connectivity index (χ4n) is 1.54. The first-order chi connectivity index (χ1) is 8.44. The summed E-state index contributed by atoms with van der Waals surface area (Å²) in [6.45, 7) is 2.57. The van der Waals surface area contributed by atoms with Crippen LogP contribution in [0.15, 0.2) is 23.6 Å². The molecule has 0 fully saturated rings. The fraction of sp³-hybridized carbons (Fsp3) is 0.333. The Morgan fingerprint density at radius 3 is 2.72 bits per heavy atom. The molecule has 0 spiro atoms. The molecule has 0 bridgehead atoms. The average molecular weight is 270 g/mol. The normalized spacial score (nSPS) is 11.7. The van der Waals surface area contributed by atoms with Crippen LogP contribution in [0.3, 0.4) is 0 Å². The van der Waals surface area contributed by atoms with Crippen molar-refractivity contribution in [2.24, 2.45) is 7.05 Å². The van der Waals surface area contributed by atoms with Crippen molar-refractivity contribution < 1.29 is 8.42 Å². The van der Waals surface area contributed by atoms with E-state index >= 15 is 0 Å². The summed E-state index contributed by atoms with van der Waals surface area (Å²) in [5.74, 6) is 0.206. The quantitative estimate of drug-likeness (QED) is 0.814. The number of aryl methyl sites for hydroxylation is 2. The number of imidazole rings is 1. The van der Waals surface area contributed by atoms with Crippen LogP contribution >= 0.6 is 0 Å². The SMILES string of the molecule is CCn1ccc(NS(=O)(=O)c2c(N)ncn2C)n1. The maximum absolute atomic E-state index is 12.1. The molecule has 9 heteroatoms. The van der Waals surface area contributed by atoms with Gasteiger partial charge in [-0.1, -0.05) is 0 Å². The standard InChI is InChI=1S/C9H14N6O2S/c1-3-15-5-4-7(12-15)13-18(16,17)9-8(10)11-6-14(9)2/h4-6H,3,10H2,1-2H3,(H,12,13). The number of hydrogen-bond donors (Lipinski definition) is 2. The number of anilines is 2. The van der Waals surface area contributed by atoms with Gasteiger partial charge in [-0.15, -0.1) is 0 Å². The van der Waals surface area contributed by atoms with Crippen LogP contribution in [0, 0.1) is 0 Å². The summed E-state index contributed by atoms with van der Waals surface area (Å²) in [6.07, 6.45) is 3.03. The summed E-state index contributed by atoms with van der Waals surface area (Å²) in [7, 11) is -2.22. The molecule has 0 aliphatic carbocycles. The minimum atomic E-state index is -3.78. The number of nitrogens with zero attached hydrogens (tertiary/aromatic N) is 4. The van der Waals surface area contributed by atoms with Gasteiger partial charge in [0.25, 0.3) is 10.0 Å². The van der Waals surface area contributed by atoms with Crippen molar-refractivity contribution in [3.63, 3.8) is 0 Å². The number of nitrogens with one attached hydrogen (secondary N) is 1. The molecule has 2 aromatic heterocycles. The molecule has 98 valence electrons. The Labute approximate surface area is 104 Å².